The number of amides is 2. The van der Waals surface area contributed by atoms with Crippen LogP contribution in [0.4, 0.5) is 4.79 Å². The van der Waals surface area contributed by atoms with Gasteiger partial charge in [-0.25, -0.2) is 4.79 Å². The average Bonchev–Trinajstić information content (AvgIpc) is 2.62. The highest BCUT2D eigenvalue weighted by Gasteiger charge is 2.09. The van der Waals surface area contributed by atoms with Crippen molar-refractivity contribution in [3.8, 4) is 11.5 Å². The van der Waals surface area contributed by atoms with Gasteiger partial charge in [-0.1, -0.05) is 12.1 Å². The van der Waals surface area contributed by atoms with E-state index in [2.05, 4.69) is 10.3 Å². The van der Waals surface area contributed by atoms with Crippen LogP contribution in [0, 0.1) is 0 Å². The normalized spacial score (nSPS) is 10.1. The van der Waals surface area contributed by atoms with Gasteiger partial charge in [0.25, 0.3) is 0 Å². The van der Waals surface area contributed by atoms with E-state index in [1.165, 1.54) is 0 Å². The van der Waals surface area contributed by atoms with Crippen LogP contribution < -0.4 is 14.8 Å². The molecule has 2 aromatic rings. The summed E-state index contributed by atoms with van der Waals surface area (Å²) in [5.41, 5.74) is 2.07. The zero-order valence-corrected chi connectivity index (χ0v) is 14.3. The summed E-state index contributed by atoms with van der Waals surface area (Å²) in [6, 6.07) is 9.44. The molecule has 0 fully saturated rings. The Hall–Kier alpha value is -2.76. The molecule has 0 spiro atoms. The summed E-state index contributed by atoms with van der Waals surface area (Å²) < 4.78 is 10.5. The van der Waals surface area contributed by atoms with Crippen LogP contribution in [0.2, 0.25) is 0 Å². The topological polar surface area (TPSA) is 63.7 Å². The Balaban J connectivity index is 1.82. The van der Waals surface area contributed by atoms with Crippen molar-refractivity contribution >= 4 is 6.03 Å². The van der Waals surface area contributed by atoms with Crippen LogP contribution in [0.25, 0.3) is 0 Å². The van der Waals surface area contributed by atoms with Crippen molar-refractivity contribution in [1.82, 2.24) is 15.2 Å². The molecule has 6 nitrogen and oxygen atoms in total. The zero-order valence-electron chi connectivity index (χ0n) is 14.3. The van der Waals surface area contributed by atoms with Gasteiger partial charge in [0, 0.05) is 32.5 Å². The van der Waals surface area contributed by atoms with E-state index < -0.39 is 0 Å². The lowest BCUT2D eigenvalue weighted by molar-refractivity contribution is 0.207. The Labute approximate surface area is 142 Å². The van der Waals surface area contributed by atoms with Gasteiger partial charge in [0.15, 0.2) is 11.5 Å². The monoisotopic (exact) mass is 329 g/mol. The molecule has 2 rings (SSSR count). The predicted molar refractivity (Wildman–Crippen MR) is 92.4 cm³/mol. The molecule has 0 aliphatic rings. The summed E-state index contributed by atoms with van der Waals surface area (Å²) in [5.74, 6) is 1.39. The SMILES string of the molecule is COc1ccc(CCNC(=O)N(C)Cc2cccnc2)cc1OC. The van der Waals surface area contributed by atoms with Crippen LogP contribution in [-0.4, -0.2) is 43.7 Å². The number of urea groups is 1. The molecule has 1 heterocycles. The molecule has 0 aliphatic heterocycles. The summed E-state index contributed by atoms with van der Waals surface area (Å²) >= 11 is 0. The molecule has 1 aromatic carbocycles. The Morgan fingerprint density at radius 1 is 1.17 bits per heavy atom. The predicted octanol–water partition coefficient (Wildman–Crippen LogP) is 2.48. The molecular weight excluding hydrogens is 306 g/mol. The highest BCUT2D eigenvalue weighted by Crippen LogP contribution is 2.27. The number of hydrogen-bond acceptors (Lipinski definition) is 4. The summed E-state index contributed by atoms with van der Waals surface area (Å²) in [6.45, 7) is 1.07. The molecule has 0 atom stereocenters. The molecule has 6 heteroatoms. The van der Waals surface area contributed by atoms with Crippen LogP contribution in [0.3, 0.4) is 0 Å². The molecule has 2 amide bonds. The van der Waals surface area contributed by atoms with Gasteiger partial charge >= 0.3 is 6.03 Å². The van der Waals surface area contributed by atoms with Crippen molar-refractivity contribution in [1.29, 1.82) is 0 Å². The second-order valence-electron chi connectivity index (χ2n) is 5.39. The molecular formula is C18H23N3O3. The van der Waals surface area contributed by atoms with Crippen molar-refractivity contribution in [3.63, 3.8) is 0 Å². The third-order valence-electron chi connectivity index (χ3n) is 3.63. The first-order valence-corrected chi connectivity index (χ1v) is 7.73. The minimum Gasteiger partial charge on any atom is -0.493 e. The third kappa shape index (κ3) is 4.87. The van der Waals surface area contributed by atoms with E-state index in [1.54, 1.807) is 38.6 Å². The van der Waals surface area contributed by atoms with Gasteiger partial charge in [-0.15, -0.1) is 0 Å². The van der Waals surface area contributed by atoms with Crippen molar-refractivity contribution in [2.75, 3.05) is 27.8 Å². The fourth-order valence-corrected chi connectivity index (χ4v) is 2.32. The zero-order chi connectivity index (χ0) is 17.4. The molecule has 0 unspecified atom stereocenters. The number of ether oxygens (including phenoxy) is 2. The standard InChI is InChI=1S/C18H23N3O3/c1-21(13-15-5-4-9-19-12-15)18(22)20-10-8-14-6-7-16(23-2)17(11-14)24-3/h4-7,9,11-12H,8,10,13H2,1-3H3,(H,20,22). The molecule has 1 N–H and O–H groups in total. The van der Waals surface area contributed by atoms with E-state index in [0.717, 1.165) is 11.1 Å². The molecule has 24 heavy (non-hydrogen) atoms. The number of carbonyl (C=O) groups excluding carboxylic acids is 1. The number of rotatable bonds is 7. The van der Waals surface area contributed by atoms with Gasteiger partial charge in [-0.3, -0.25) is 4.98 Å². The van der Waals surface area contributed by atoms with E-state index in [4.69, 9.17) is 9.47 Å². The van der Waals surface area contributed by atoms with Gasteiger partial charge in [0.1, 0.15) is 0 Å². The molecule has 0 radical (unpaired) electrons. The van der Waals surface area contributed by atoms with Gasteiger partial charge in [-0.2, -0.15) is 0 Å². The van der Waals surface area contributed by atoms with E-state index in [-0.39, 0.29) is 6.03 Å². The van der Waals surface area contributed by atoms with Crippen LogP contribution in [0.5, 0.6) is 11.5 Å². The van der Waals surface area contributed by atoms with Crippen molar-refractivity contribution < 1.29 is 14.3 Å². The summed E-state index contributed by atoms with van der Waals surface area (Å²) in [6.07, 6.45) is 4.19. The van der Waals surface area contributed by atoms with Gasteiger partial charge in [-0.05, 0) is 35.7 Å². The lowest BCUT2D eigenvalue weighted by Gasteiger charge is -2.18. The quantitative estimate of drug-likeness (QED) is 0.848. The van der Waals surface area contributed by atoms with E-state index >= 15 is 0 Å². The molecule has 0 saturated heterocycles. The Kier molecular flexibility index (Phi) is 6.42. The largest absolute Gasteiger partial charge is 0.493 e. The Morgan fingerprint density at radius 3 is 2.62 bits per heavy atom. The first-order valence-electron chi connectivity index (χ1n) is 7.73. The second-order valence-corrected chi connectivity index (χ2v) is 5.39. The summed E-state index contributed by atoms with van der Waals surface area (Å²) in [7, 11) is 4.98. The van der Waals surface area contributed by atoms with Gasteiger partial charge < -0.3 is 19.7 Å². The number of methoxy groups -OCH3 is 2. The number of pyridine rings is 1. The van der Waals surface area contributed by atoms with E-state index in [0.29, 0.717) is 31.0 Å². The molecule has 1 aromatic heterocycles. The molecule has 0 aliphatic carbocycles. The fraction of sp³-hybridized carbons (Fsp3) is 0.333. The second kappa shape index (κ2) is 8.76. The van der Waals surface area contributed by atoms with Gasteiger partial charge in [0.05, 0.1) is 14.2 Å². The number of hydrogen-bond donors (Lipinski definition) is 1. The van der Waals surface area contributed by atoms with Crippen LogP contribution in [0.15, 0.2) is 42.7 Å². The van der Waals surface area contributed by atoms with Crippen molar-refractivity contribution in [3.05, 3.63) is 53.9 Å². The maximum atomic E-state index is 12.1. The third-order valence-corrected chi connectivity index (χ3v) is 3.63. The van der Waals surface area contributed by atoms with Crippen molar-refractivity contribution in [2.45, 2.75) is 13.0 Å². The number of carbonyl (C=O) groups is 1. The number of aromatic nitrogens is 1. The van der Waals surface area contributed by atoms with Crippen molar-refractivity contribution in [2.24, 2.45) is 0 Å². The highest BCUT2D eigenvalue weighted by molar-refractivity contribution is 5.73. The first kappa shape index (κ1) is 17.6. The lowest BCUT2D eigenvalue weighted by Crippen LogP contribution is -2.37. The summed E-state index contributed by atoms with van der Waals surface area (Å²) in [5, 5.41) is 2.91. The van der Waals surface area contributed by atoms with Gasteiger partial charge in [0.2, 0.25) is 0 Å². The summed E-state index contributed by atoms with van der Waals surface area (Å²) in [4.78, 5) is 17.8. The van der Waals surface area contributed by atoms with Crippen LogP contribution in [0.1, 0.15) is 11.1 Å². The minimum absolute atomic E-state index is 0.112. The minimum atomic E-state index is -0.112. The Morgan fingerprint density at radius 2 is 1.96 bits per heavy atom. The van der Waals surface area contributed by atoms with Crippen LogP contribution >= 0.6 is 0 Å². The maximum absolute atomic E-state index is 12.1. The molecule has 0 bridgehead atoms. The smallest absolute Gasteiger partial charge is 0.317 e. The highest BCUT2D eigenvalue weighted by atomic mass is 16.5. The van der Waals surface area contributed by atoms with E-state index in [1.807, 2.05) is 30.3 Å². The van der Waals surface area contributed by atoms with Crippen LogP contribution in [-0.2, 0) is 13.0 Å². The number of benzene rings is 1. The fourth-order valence-electron chi connectivity index (χ4n) is 2.32. The van der Waals surface area contributed by atoms with E-state index in [9.17, 15) is 4.79 Å². The lowest BCUT2D eigenvalue weighted by atomic mass is 10.1. The maximum Gasteiger partial charge on any atom is 0.317 e. The average molecular weight is 329 g/mol. The number of nitrogens with one attached hydrogen (secondary N) is 1. The number of nitrogens with zero attached hydrogens (tertiary/aromatic N) is 2. The molecule has 0 saturated carbocycles. The molecule has 128 valence electrons. The first-order chi connectivity index (χ1) is 11.6. The Bertz CT molecular complexity index is 662.